The van der Waals surface area contributed by atoms with E-state index in [9.17, 15) is 0 Å². The lowest BCUT2D eigenvalue weighted by Crippen LogP contribution is -2.51. The molecule has 2 aliphatic heterocycles. The van der Waals surface area contributed by atoms with Gasteiger partial charge in [-0.2, -0.15) is 0 Å². The van der Waals surface area contributed by atoms with Crippen LogP contribution in [0.2, 0.25) is 0 Å². The summed E-state index contributed by atoms with van der Waals surface area (Å²) in [5.74, 6) is 0.348. The summed E-state index contributed by atoms with van der Waals surface area (Å²) in [4.78, 5) is 12.2. The lowest BCUT2D eigenvalue weighted by molar-refractivity contribution is 0.145. The number of rotatable bonds is 7. The number of aliphatic imine (C=N–C) groups is 1. The molecule has 0 bridgehead atoms. The van der Waals surface area contributed by atoms with Crippen molar-refractivity contribution < 1.29 is 4.74 Å². The predicted octanol–water partition coefficient (Wildman–Crippen LogP) is 4.50. The fraction of sp³-hybridized carbons (Fsp3) is 0.524. The summed E-state index contributed by atoms with van der Waals surface area (Å²) in [5, 5.41) is 8.21. The maximum absolute atomic E-state index is 5.24. The lowest BCUT2D eigenvalue weighted by Gasteiger charge is -2.34. The molecular formula is C21H31Cl2N5OS. The molecule has 1 unspecified atom stereocenters. The van der Waals surface area contributed by atoms with E-state index in [0.717, 1.165) is 73.4 Å². The fourth-order valence-corrected chi connectivity index (χ4v) is 4.61. The zero-order chi connectivity index (χ0) is 19.3. The van der Waals surface area contributed by atoms with Crippen molar-refractivity contribution in [2.45, 2.75) is 25.8 Å². The first-order valence-electron chi connectivity index (χ1n) is 10.1. The number of thiazole rings is 1. The third-order valence-corrected chi connectivity index (χ3v) is 6.30. The molecule has 1 aromatic carbocycles. The van der Waals surface area contributed by atoms with Gasteiger partial charge in [-0.1, -0.05) is 19.1 Å². The van der Waals surface area contributed by atoms with Gasteiger partial charge in [-0.15, -0.1) is 36.2 Å². The molecule has 3 heterocycles. The highest BCUT2D eigenvalue weighted by Crippen LogP contribution is 2.37. The normalized spacial score (nSPS) is 19.1. The molecule has 4 rings (SSSR count). The minimum Gasteiger partial charge on any atom is -0.385 e. The van der Waals surface area contributed by atoms with Crippen molar-refractivity contribution in [2.75, 3.05) is 45.2 Å². The molecule has 0 amide bonds. The highest BCUT2D eigenvalue weighted by atomic mass is 35.5. The van der Waals surface area contributed by atoms with E-state index in [1.54, 1.807) is 18.4 Å². The Labute approximate surface area is 195 Å². The van der Waals surface area contributed by atoms with Gasteiger partial charge in [0.1, 0.15) is 10.7 Å². The van der Waals surface area contributed by atoms with Crippen LogP contribution < -0.4 is 10.6 Å². The fourth-order valence-electron chi connectivity index (χ4n) is 3.91. The lowest BCUT2D eigenvalue weighted by atomic mass is 9.98. The van der Waals surface area contributed by atoms with Gasteiger partial charge in [0, 0.05) is 45.3 Å². The van der Waals surface area contributed by atoms with E-state index in [2.05, 4.69) is 39.6 Å². The van der Waals surface area contributed by atoms with Gasteiger partial charge in [-0.3, -0.25) is 0 Å². The number of aromatic nitrogens is 1. The SMILES string of the molecule is COCC[C@H]1CN(CCC(C)C2=Nc3ccccc3Nc3scnc32)CCN1.Cl.Cl. The number of anilines is 2. The number of benzene rings is 1. The maximum Gasteiger partial charge on any atom is 0.122 e. The molecule has 2 N–H and O–H groups in total. The topological polar surface area (TPSA) is 61.8 Å². The number of halogens is 2. The summed E-state index contributed by atoms with van der Waals surface area (Å²) >= 11 is 1.64. The van der Waals surface area contributed by atoms with Gasteiger partial charge in [0.05, 0.1) is 22.6 Å². The Kier molecular flexibility index (Phi) is 10.0. The zero-order valence-corrected chi connectivity index (χ0v) is 19.9. The Bertz CT molecular complexity index is 831. The van der Waals surface area contributed by atoms with Crippen molar-refractivity contribution in [1.82, 2.24) is 15.2 Å². The standard InChI is InChI=1S/C21H29N5OS.2ClH/c1-15(7-10-26-11-9-22-16(13-26)8-12-27-2)19-20-21(28-14-23-20)25-18-6-4-3-5-17(18)24-19;;/h3-6,14-16,22,25H,7-13H2,1-2H3;2*1H/t15?,16-;;/m0../s1. The number of fused-ring (bicyclic) bond motifs is 2. The largest absolute Gasteiger partial charge is 0.385 e. The first kappa shape index (κ1) is 25.0. The molecule has 1 saturated heterocycles. The van der Waals surface area contributed by atoms with Crippen molar-refractivity contribution in [1.29, 1.82) is 0 Å². The molecule has 30 heavy (non-hydrogen) atoms. The van der Waals surface area contributed by atoms with E-state index in [4.69, 9.17) is 9.73 Å². The van der Waals surface area contributed by atoms with Crippen LogP contribution in [0.1, 0.15) is 25.5 Å². The zero-order valence-electron chi connectivity index (χ0n) is 17.5. The number of ether oxygens (including phenoxy) is 1. The number of piperazine rings is 1. The Balaban J connectivity index is 0.00000160. The van der Waals surface area contributed by atoms with Crippen molar-refractivity contribution >= 4 is 58.2 Å². The van der Waals surface area contributed by atoms with Gasteiger partial charge in [0.15, 0.2) is 0 Å². The van der Waals surface area contributed by atoms with Gasteiger partial charge < -0.3 is 20.3 Å². The van der Waals surface area contributed by atoms with Crippen LogP contribution in [0.4, 0.5) is 16.4 Å². The van der Waals surface area contributed by atoms with Crippen molar-refractivity contribution in [3.8, 4) is 0 Å². The second-order valence-electron chi connectivity index (χ2n) is 7.59. The average molecular weight is 472 g/mol. The van der Waals surface area contributed by atoms with E-state index >= 15 is 0 Å². The number of hydrogen-bond donors (Lipinski definition) is 2. The Morgan fingerprint density at radius 2 is 2.13 bits per heavy atom. The van der Waals surface area contributed by atoms with E-state index in [0.29, 0.717) is 12.0 Å². The van der Waals surface area contributed by atoms with E-state index in [1.165, 1.54) is 0 Å². The van der Waals surface area contributed by atoms with Crippen LogP contribution in [-0.2, 0) is 4.74 Å². The summed E-state index contributed by atoms with van der Waals surface area (Å²) in [6.45, 7) is 7.43. The maximum atomic E-state index is 5.24. The second kappa shape index (κ2) is 12.0. The highest BCUT2D eigenvalue weighted by molar-refractivity contribution is 7.14. The molecule has 166 valence electrons. The molecule has 2 atom stereocenters. The molecule has 0 spiro atoms. The minimum absolute atomic E-state index is 0. The van der Waals surface area contributed by atoms with Gasteiger partial charge >= 0.3 is 0 Å². The quantitative estimate of drug-likeness (QED) is 0.622. The molecule has 2 aromatic rings. The molecule has 0 saturated carbocycles. The molecule has 2 aliphatic rings. The van der Waals surface area contributed by atoms with Gasteiger partial charge in [0.25, 0.3) is 0 Å². The summed E-state index contributed by atoms with van der Waals surface area (Å²) in [6, 6.07) is 8.76. The highest BCUT2D eigenvalue weighted by Gasteiger charge is 2.25. The monoisotopic (exact) mass is 471 g/mol. The van der Waals surface area contributed by atoms with Crippen LogP contribution in [0.5, 0.6) is 0 Å². The van der Waals surface area contributed by atoms with Crippen LogP contribution in [0.25, 0.3) is 0 Å². The average Bonchev–Trinajstić information content (AvgIpc) is 3.11. The number of nitrogens with zero attached hydrogens (tertiary/aromatic N) is 3. The van der Waals surface area contributed by atoms with Gasteiger partial charge in [0.2, 0.25) is 0 Å². The van der Waals surface area contributed by atoms with Crippen LogP contribution in [0, 0.1) is 5.92 Å². The summed E-state index contributed by atoms with van der Waals surface area (Å²) in [5.41, 5.74) is 6.06. The number of nitrogens with one attached hydrogen (secondary N) is 2. The molecule has 1 fully saturated rings. The smallest absolute Gasteiger partial charge is 0.122 e. The van der Waals surface area contributed by atoms with Crippen LogP contribution in [-0.4, -0.2) is 61.5 Å². The van der Waals surface area contributed by atoms with E-state index in [-0.39, 0.29) is 24.8 Å². The summed E-state index contributed by atoms with van der Waals surface area (Å²) in [6.07, 6.45) is 2.15. The molecular weight excluding hydrogens is 441 g/mol. The first-order valence-corrected chi connectivity index (χ1v) is 11.0. The second-order valence-corrected chi connectivity index (χ2v) is 8.45. The molecule has 0 radical (unpaired) electrons. The Morgan fingerprint density at radius 3 is 2.97 bits per heavy atom. The summed E-state index contributed by atoms with van der Waals surface area (Å²) in [7, 11) is 1.77. The van der Waals surface area contributed by atoms with E-state index in [1.807, 2.05) is 17.6 Å². The number of hydrogen-bond acceptors (Lipinski definition) is 7. The van der Waals surface area contributed by atoms with Gasteiger partial charge in [-0.25, -0.2) is 9.98 Å². The molecule has 1 aromatic heterocycles. The molecule has 0 aliphatic carbocycles. The number of para-hydroxylation sites is 2. The van der Waals surface area contributed by atoms with Crippen molar-refractivity contribution in [3.05, 3.63) is 35.5 Å². The van der Waals surface area contributed by atoms with Crippen LogP contribution >= 0.6 is 36.2 Å². The third kappa shape index (κ3) is 5.93. The summed E-state index contributed by atoms with van der Waals surface area (Å²) < 4.78 is 5.24. The predicted molar refractivity (Wildman–Crippen MR) is 131 cm³/mol. The Morgan fingerprint density at radius 1 is 1.30 bits per heavy atom. The Hall–Kier alpha value is -1.22. The number of methoxy groups -OCH3 is 1. The van der Waals surface area contributed by atoms with Crippen molar-refractivity contribution in [3.63, 3.8) is 0 Å². The molecule has 6 nitrogen and oxygen atoms in total. The van der Waals surface area contributed by atoms with Crippen LogP contribution in [0.3, 0.4) is 0 Å². The first-order chi connectivity index (χ1) is 13.7. The third-order valence-electron chi connectivity index (χ3n) is 5.56. The van der Waals surface area contributed by atoms with Gasteiger partial charge in [-0.05, 0) is 31.5 Å². The minimum atomic E-state index is 0. The van der Waals surface area contributed by atoms with Crippen molar-refractivity contribution in [2.24, 2.45) is 10.9 Å². The molecule has 9 heteroatoms. The van der Waals surface area contributed by atoms with E-state index < -0.39 is 0 Å². The van der Waals surface area contributed by atoms with Crippen LogP contribution in [0.15, 0.2) is 34.8 Å².